The lowest BCUT2D eigenvalue weighted by Gasteiger charge is -2.34. The van der Waals surface area contributed by atoms with Crippen LogP contribution >= 0.6 is 0 Å². The summed E-state index contributed by atoms with van der Waals surface area (Å²) >= 11 is 0. The quantitative estimate of drug-likeness (QED) is 0.832. The average molecular weight is 220 g/mol. The normalized spacial score (nSPS) is 15.6. The van der Waals surface area contributed by atoms with Crippen LogP contribution in [0.5, 0.6) is 0 Å². The van der Waals surface area contributed by atoms with Crippen molar-refractivity contribution in [2.24, 2.45) is 0 Å². The summed E-state index contributed by atoms with van der Waals surface area (Å²) in [6.07, 6.45) is 4.97. The van der Waals surface area contributed by atoms with Gasteiger partial charge in [-0.1, -0.05) is 0 Å². The summed E-state index contributed by atoms with van der Waals surface area (Å²) in [5.74, 6) is 0.0156. The number of amides is 1. The van der Waals surface area contributed by atoms with Crippen LogP contribution in [0.3, 0.4) is 0 Å². The molecule has 4 heteroatoms. The number of aliphatic hydroxyl groups excluding tert-OH is 1. The standard InChI is InChI=1S/C12H16N2O2/c1-14(11-3-2-4-11)12(16)9-5-6-13-10(7-9)8-15/h5-7,11,15H,2-4,8H2,1H3. The predicted octanol–water partition coefficient (Wildman–Crippen LogP) is 1.20. The zero-order valence-electron chi connectivity index (χ0n) is 9.39. The SMILES string of the molecule is CN(C(=O)c1ccnc(CO)c1)C1CCC1. The first kappa shape index (κ1) is 11.1. The highest BCUT2D eigenvalue weighted by Gasteiger charge is 2.26. The van der Waals surface area contributed by atoms with Crippen LogP contribution in [0.15, 0.2) is 18.3 Å². The van der Waals surface area contributed by atoms with Gasteiger partial charge < -0.3 is 10.0 Å². The molecule has 1 aromatic rings. The van der Waals surface area contributed by atoms with Gasteiger partial charge in [0.2, 0.25) is 0 Å². The van der Waals surface area contributed by atoms with Crippen LogP contribution in [0.25, 0.3) is 0 Å². The van der Waals surface area contributed by atoms with Crippen LogP contribution in [0.1, 0.15) is 35.3 Å². The molecule has 2 rings (SSSR count). The van der Waals surface area contributed by atoms with Crippen molar-refractivity contribution >= 4 is 5.91 Å². The highest BCUT2D eigenvalue weighted by atomic mass is 16.3. The summed E-state index contributed by atoms with van der Waals surface area (Å²) in [5, 5.41) is 8.96. The number of carbonyl (C=O) groups is 1. The third-order valence-corrected chi connectivity index (χ3v) is 3.17. The Hall–Kier alpha value is -1.42. The molecule has 0 atom stereocenters. The predicted molar refractivity (Wildman–Crippen MR) is 59.9 cm³/mol. The number of rotatable bonds is 3. The molecular formula is C12H16N2O2. The molecule has 1 N–H and O–H groups in total. The second-order valence-electron chi connectivity index (χ2n) is 4.19. The Morgan fingerprint density at radius 2 is 2.38 bits per heavy atom. The molecule has 86 valence electrons. The van der Waals surface area contributed by atoms with Crippen LogP contribution in [-0.4, -0.2) is 34.0 Å². The molecule has 1 saturated carbocycles. The fraction of sp³-hybridized carbons (Fsp3) is 0.500. The van der Waals surface area contributed by atoms with Crippen molar-refractivity contribution in [1.82, 2.24) is 9.88 Å². The molecule has 0 spiro atoms. The molecule has 1 aromatic heterocycles. The van der Waals surface area contributed by atoms with Crippen molar-refractivity contribution < 1.29 is 9.90 Å². The summed E-state index contributed by atoms with van der Waals surface area (Å²) in [4.78, 5) is 17.8. The molecule has 0 bridgehead atoms. The third kappa shape index (κ3) is 2.07. The maximum atomic E-state index is 12.1. The minimum absolute atomic E-state index is 0.0156. The van der Waals surface area contributed by atoms with Gasteiger partial charge in [0.25, 0.3) is 5.91 Å². The van der Waals surface area contributed by atoms with Crippen LogP contribution in [-0.2, 0) is 6.61 Å². The van der Waals surface area contributed by atoms with E-state index in [1.54, 1.807) is 23.2 Å². The van der Waals surface area contributed by atoms with Gasteiger partial charge in [-0.25, -0.2) is 0 Å². The maximum Gasteiger partial charge on any atom is 0.253 e. The van der Waals surface area contributed by atoms with Crippen LogP contribution in [0.2, 0.25) is 0 Å². The number of aromatic nitrogens is 1. The highest BCUT2D eigenvalue weighted by molar-refractivity contribution is 5.94. The molecule has 0 saturated heterocycles. The van der Waals surface area contributed by atoms with E-state index in [1.807, 2.05) is 7.05 Å². The molecular weight excluding hydrogens is 204 g/mol. The molecule has 0 aromatic carbocycles. The minimum atomic E-state index is -0.131. The lowest BCUT2D eigenvalue weighted by Crippen LogP contribution is -2.41. The Labute approximate surface area is 94.9 Å². The van der Waals surface area contributed by atoms with Gasteiger partial charge in [0.15, 0.2) is 0 Å². The van der Waals surface area contributed by atoms with Crippen molar-refractivity contribution in [2.45, 2.75) is 31.9 Å². The topological polar surface area (TPSA) is 53.4 Å². The van der Waals surface area contributed by atoms with Crippen molar-refractivity contribution in [3.8, 4) is 0 Å². The van der Waals surface area contributed by atoms with Gasteiger partial charge in [-0.2, -0.15) is 0 Å². The van der Waals surface area contributed by atoms with Crippen LogP contribution in [0, 0.1) is 0 Å². The minimum Gasteiger partial charge on any atom is -0.390 e. The largest absolute Gasteiger partial charge is 0.390 e. The molecule has 16 heavy (non-hydrogen) atoms. The summed E-state index contributed by atoms with van der Waals surface area (Å²) in [6, 6.07) is 3.73. The zero-order valence-corrected chi connectivity index (χ0v) is 9.39. The molecule has 1 aliphatic carbocycles. The molecule has 0 unspecified atom stereocenters. The molecule has 0 radical (unpaired) electrons. The zero-order chi connectivity index (χ0) is 11.5. The summed E-state index contributed by atoms with van der Waals surface area (Å²) in [5.41, 5.74) is 1.14. The van der Waals surface area contributed by atoms with Gasteiger partial charge in [-0.15, -0.1) is 0 Å². The van der Waals surface area contributed by atoms with Gasteiger partial charge in [-0.05, 0) is 31.4 Å². The van der Waals surface area contributed by atoms with E-state index in [0.717, 1.165) is 12.8 Å². The molecule has 0 aliphatic heterocycles. The lowest BCUT2D eigenvalue weighted by atomic mass is 9.91. The fourth-order valence-electron chi connectivity index (χ4n) is 1.84. The number of nitrogens with zero attached hydrogens (tertiary/aromatic N) is 2. The second kappa shape index (κ2) is 4.61. The summed E-state index contributed by atoms with van der Waals surface area (Å²) < 4.78 is 0. The van der Waals surface area contributed by atoms with E-state index in [-0.39, 0.29) is 12.5 Å². The van der Waals surface area contributed by atoms with Crippen molar-refractivity contribution in [2.75, 3.05) is 7.05 Å². The van der Waals surface area contributed by atoms with Gasteiger partial charge in [-0.3, -0.25) is 9.78 Å². The van der Waals surface area contributed by atoms with Crippen molar-refractivity contribution in [1.29, 1.82) is 0 Å². The summed E-state index contributed by atoms with van der Waals surface area (Å²) in [6.45, 7) is -0.131. The number of pyridine rings is 1. The Morgan fingerprint density at radius 1 is 1.62 bits per heavy atom. The number of hydrogen-bond donors (Lipinski definition) is 1. The number of aliphatic hydroxyl groups is 1. The van der Waals surface area contributed by atoms with E-state index < -0.39 is 0 Å². The number of hydrogen-bond acceptors (Lipinski definition) is 3. The number of carbonyl (C=O) groups excluding carboxylic acids is 1. The molecule has 1 heterocycles. The average Bonchev–Trinajstić information content (AvgIpc) is 2.25. The van der Waals surface area contributed by atoms with Gasteiger partial charge >= 0.3 is 0 Å². The molecule has 1 fully saturated rings. The first-order chi connectivity index (χ1) is 7.72. The van der Waals surface area contributed by atoms with E-state index in [2.05, 4.69) is 4.98 Å². The van der Waals surface area contributed by atoms with E-state index >= 15 is 0 Å². The Bertz CT molecular complexity index is 388. The molecule has 1 amide bonds. The van der Waals surface area contributed by atoms with Crippen LogP contribution < -0.4 is 0 Å². The molecule has 1 aliphatic rings. The molecule has 4 nitrogen and oxygen atoms in total. The first-order valence-corrected chi connectivity index (χ1v) is 5.55. The van der Waals surface area contributed by atoms with Gasteiger partial charge in [0, 0.05) is 24.8 Å². The monoisotopic (exact) mass is 220 g/mol. The summed E-state index contributed by atoms with van der Waals surface area (Å²) in [7, 11) is 1.84. The maximum absolute atomic E-state index is 12.1. The van der Waals surface area contributed by atoms with E-state index in [0.29, 0.717) is 17.3 Å². The van der Waals surface area contributed by atoms with Gasteiger partial charge in [0.1, 0.15) is 0 Å². The Kier molecular flexibility index (Phi) is 3.19. The lowest BCUT2D eigenvalue weighted by molar-refractivity contribution is 0.0651. The Morgan fingerprint density at radius 3 is 2.94 bits per heavy atom. The fourth-order valence-corrected chi connectivity index (χ4v) is 1.84. The van der Waals surface area contributed by atoms with Crippen molar-refractivity contribution in [3.05, 3.63) is 29.6 Å². The third-order valence-electron chi connectivity index (χ3n) is 3.17. The van der Waals surface area contributed by atoms with E-state index in [4.69, 9.17) is 5.11 Å². The van der Waals surface area contributed by atoms with Crippen LogP contribution in [0.4, 0.5) is 0 Å². The van der Waals surface area contributed by atoms with Crippen molar-refractivity contribution in [3.63, 3.8) is 0 Å². The van der Waals surface area contributed by atoms with Gasteiger partial charge in [0.05, 0.1) is 12.3 Å². The van der Waals surface area contributed by atoms with E-state index in [9.17, 15) is 4.79 Å². The highest BCUT2D eigenvalue weighted by Crippen LogP contribution is 2.24. The smallest absolute Gasteiger partial charge is 0.253 e. The van der Waals surface area contributed by atoms with E-state index in [1.165, 1.54) is 6.42 Å². The second-order valence-corrected chi connectivity index (χ2v) is 4.19. The Balaban J connectivity index is 2.12. The first-order valence-electron chi connectivity index (χ1n) is 5.55.